The van der Waals surface area contributed by atoms with Crippen LogP contribution in [0.1, 0.15) is 38.8 Å². The second-order valence-corrected chi connectivity index (χ2v) is 15.9. The highest BCUT2D eigenvalue weighted by molar-refractivity contribution is 7.94. The van der Waals surface area contributed by atoms with Crippen molar-refractivity contribution >= 4 is 61.9 Å². The Kier molecular flexibility index (Phi) is 12.4. The largest absolute Gasteiger partial charge is 0.497 e. The molecule has 54 heavy (non-hydrogen) atoms. The van der Waals surface area contributed by atoms with Gasteiger partial charge in [-0.05, 0) is 75.6 Å². The van der Waals surface area contributed by atoms with E-state index in [0.717, 1.165) is 27.2 Å². The summed E-state index contributed by atoms with van der Waals surface area (Å²) in [5.41, 5.74) is 0.940. The van der Waals surface area contributed by atoms with E-state index in [1.54, 1.807) is 76.2 Å². The van der Waals surface area contributed by atoms with Crippen LogP contribution in [0.3, 0.4) is 0 Å². The fourth-order valence-electron chi connectivity index (χ4n) is 5.37. The number of rotatable bonds is 15. The van der Waals surface area contributed by atoms with Crippen molar-refractivity contribution in [1.29, 1.82) is 0 Å². The monoisotopic (exact) mass is 801 g/mol. The number of benzene rings is 3. The van der Waals surface area contributed by atoms with Crippen LogP contribution in [-0.4, -0.2) is 89.3 Å². The molecule has 2 heterocycles. The number of amides is 2. The molecule has 0 bridgehead atoms. The third kappa shape index (κ3) is 9.06. The average molecular weight is 802 g/mol. The van der Waals surface area contributed by atoms with E-state index in [-0.39, 0.29) is 36.3 Å². The molecule has 0 saturated carbocycles. The predicted molar refractivity (Wildman–Crippen MR) is 203 cm³/mol. The van der Waals surface area contributed by atoms with E-state index in [2.05, 4.69) is 14.5 Å². The van der Waals surface area contributed by atoms with Gasteiger partial charge in [0.2, 0.25) is 0 Å². The van der Waals surface area contributed by atoms with Crippen LogP contribution < -0.4 is 23.5 Å². The van der Waals surface area contributed by atoms with Crippen LogP contribution in [-0.2, 0) is 27.9 Å². The molecule has 0 fully saturated rings. The van der Waals surface area contributed by atoms with Crippen LogP contribution in [0.4, 0.5) is 15.3 Å². The summed E-state index contributed by atoms with van der Waals surface area (Å²) in [5, 5.41) is 15.5. The molecule has 288 valence electrons. The van der Waals surface area contributed by atoms with Crippen LogP contribution in [0.25, 0.3) is 10.9 Å². The number of likely N-dealkylation sites (N-methyl/N-ethyl adjacent to an activating group) is 1. The summed E-state index contributed by atoms with van der Waals surface area (Å²) in [7, 11) is -1.30. The molecule has 3 aromatic carbocycles. The zero-order valence-electron chi connectivity index (χ0n) is 30.4. The third-order valence-corrected chi connectivity index (χ3v) is 10.9. The normalized spacial score (nSPS) is 11.6. The quantitative estimate of drug-likeness (QED) is 0.123. The number of ether oxygens (including phenoxy) is 4. The number of fused-ring (bicyclic) bond motifs is 1. The average Bonchev–Trinajstić information content (AvgIpc) is 3.83. The molecule has 16 nitrogen and oxygen atoms in total. The summed E-state index contributed by atoms with van der Waals surface area (Å²) in [6.45, 7) is 7.03. The van der Waals surface area contributed by atoms with Gasteiger partial charge in [-0.2, -0.15) is 27.1 Å². The minimum Gasteiger partial charge on any atom is -0.497 e. The van der Waals surface area contributed by atoms with Crippen molar-refractivity contribution < 1.29 is 42.1 Å². The number of nitrogens with zero attached hydrogens (tertiary/aromatic N) is 7. The van der Waals surface area contributed by atoms with Gasteiger partial charge in [-0.1, -0.05) is 23.7 Å². The second-order valence-electron chi connectivity index (χ2n) is 12.6. The van der Waals surface area contributed by atoms with Crippen molar-refractivity contribution in [2.45, 2.75) is 50.8 Å². The molecule has 0 aliphatic rings. The molecule has 0 unspecified atom stereocenters. The van der Waals surface area contributed by atoms with Gasteiger partial charge >= 0.3 is 22.2 Å². The van der Waals surface area contributed by atoms with Gasteiger partial charge in [0.05, 0.1) is 43.6 Å². The SMILES string of the molecule is CCN(CCN(C(=O)O)c1cc(Cl)ccc1COc1cccc2c1cnn2N(Cc1ccc(OC)cc1OC)S(=O)(=O)c1ncns1)C(=O)OC(C)(C)C. The zero-order chi connectivity index (χ0) is 39.2. The molecule has 5 aromatic rings. The highest BCUT2D eigenvalue weighted by Gasteiger charge is 2.32. The van der Waals surface area contributed by atoms with E-state index in [9.17, 15) is 23.1 Å². The first-order chi connectivity index (χ1) is 25.7. The van der Waals surface area contributed by atoms with Crippen LogP contribution in [0, 0.1) is 0 Å². The number of sulfonamides is 1. The number of carboxylic acid groups (broad SMARTS) is 1. The first kappa shape index (κ1) is 39.9. The lowest BCUT2D eigenvalue weighted by Gasteiger charge is -2.29. The Morgan fingerprint density at radius 2 is 1.76 bits per heavy atom. The Morgan fingerprint density at radius 3 is 2.41 bits per heavy atom. The molecule has 2 aromatic heterocycles. The van der Waals surface area contributed by atoms with E-state index in [0.29, 0.717) is 50.8 Å². The zero-order valence-corrected chi connectivity index (χ0v) is 32.8. The first-order valence-electron chi connectivity index (χ1n) is 16.5. The molecule has 0 saturated heterocycles. The standard InChI is InChI=1S/C35H40ClN7O9S2/c1-7-40(34(46)52-35(2,3)4)15-16-41(33(44)45)29-17-25(36)13-11-24(29)21-51-30-10-8-9-28-27(30)19-38-43(28)42(54(47,48)32-37-22-39-53-32)20-23-12-14-26(49-5)18-31(23)50-6/h8-14,17-19,22H,7,15-16,20-21H2,1-6H3,(H,44,45). The van der Waals surface area contributed by atoms with Gasteiger partial charge in [0.1, 0.15) is 35.8 Å². The topological polar surface area (TPSA) is 179 Å². The summed E-state index contributed by atoms with van der Waals surface area (Å²) in [6, 6.07) is 14.9. The number of anilines is 1. The van der Waals surface area contributed by atoms with Crippen molar-refractivity contribution in [1.82, 2.24) is 24.1 Å². The molecular formula is C35H40ClN7O9S2. The maximum atomic E-state index is 14.0. The molecule has 0 aliphatic carbocycles. The lowest BCUT2D eigenvalue weighted by atomic mass is 10.1. The number of hydrogen-bond donors (Lipinski definition) is 1. The summed E-state index contributed by atoms with van der Waals surface area (Å²) < 4.78 is 55.4. The smallest absolute Gasteiger partial charge is 0.411 e. The molecule has 19 heteroatoms. The van der Waals surface area contributed by atoms with Gasteiger partial charge in [0.15, 0.2) is 0 Å². The maximum Gasteiger partial charge on any atom is 0.411 e. The van der Waals surface area contributed by atoms with Crippen LogP contribution in [0.2, 0.25) is 5.02 Å². The minimum atomic E-state index is -4.29. The highest BCUT2D eigenvalue weighted by Crippen LogP contribution is 2.32. The molecular weight excluding hydrogens is 762 g/mol. The van der Waals surface area contributed by atoms with Gasteiger partial charge in [-0.3, -0.25) is 4.90 Å². The number of aromatic nitrogens is 4. The first-order valence-corrected chi connectivity index (χ1v) is 19.1. The number of methoxy groups -OCH3 is 2. The van der Waals surface area contributed by atoms with Gasteiger partial charge in [0.25, 0.3) is 4.34 Å². The molecule has 0 aliphatic heterocycles. The molecule has 0 atom stereocenters. The summed E-state index contributed by atoms with van der Waals surface area (Å²) in [5.74, 6) is 1.27. The minimum absolute atomic E-state index is 0.0574. The van der Waals surface area contributed by atoms with Crippen LogP contribution in [0.5, 0.6) is 17.2 Å². The molecule has 2 amide bonds. The Hall–Kier alpha value is -5.33. The van der Waals surface area contributed by atoms with Crippen molar-refractivity contribution in [3.05, 3.63) is 83.3 Å². The van der Waals surface area contributed by atoms with E-state index < -0.39 is 27.8 Å². The third-order valence-electron chi connectivity index (χ3n) is 7.98. The summed E-state index contributed by atoms with van der Waals surface area (Å²) in [4.78, 5) is 33.0. The van der Waals surface area contributed by atoms with Gasteiger partial charge < -0.3 is 29.0 Å². The Labute approximate surface area is 321 Å². The predicted octanol–water partition coefficient (Wildman–Crippen LogP) is 6.41. The molecule has 0 spiro atoms. The number of carbonyl (C=O) groups excluding carboxylic acids is 1. The van der Waals surface area contributed by atoms with Gasteiger partial charge in [0, 0.05) is 41.9 Å². The van der Waals surface area contributed by atoms with Gasteiger partial charge in [-0.15, -0.1) is 0 Å². The maximum absolute atomic E-state index is 14.0. The lowest BCUT2D eigenvalue weighted by Crippen LogP contribution is -2.43. The van der Waals surface area contributed by atoms with E-state index >= 15 is 0 Å². The van der Waals surface area contributed by atoms with E-state index in [1.165, 1.54) is 36.2 Å². The Bertz CT molecular complexity index is 2210. The van der Waals surface area contributed by atoms with Crippen LogP contribution in [0.15, 0.2) is 71.5 Å². The molecule has 1 N–H and O–H groups in total. The number of carbonyl (C=O) groups is 2. The van der Waals surface area contributed by atoms with Crippen molar-refractivity contribution in [3.8, 4) is 17.2 Å². The van der Waals surface area contributed by atoms with Gasteiger partial charge in [-0.25, -0.2) is 14.6 Å². The number of hydrogen-bond acceptors (Lipinski definition) is 12. The highest BCUT2D eigenvalue weighted by atomic mass is 35.5. The van der Waals surface area contributed by atoms with E-state index in [1.807, 2.05) is 0 Å². The fraction of sp³-hybridized carbons (Fsp3) is 0.343. The number of halogens is 1. The fourth-order valence-corrected chi connectivity index (χ4v) is 7.59. The Morgan fingerprint density at radius 1 is 1.00 bits per heavy atom. The van der Waals surface area contributed by atoms with Crippen molar-refractivity contribution in [2.24, 2.45) is 0 Å². The van der Waals surface area contributed by atoms with E-state index in [4.69, 9.17) is 30.5 Å². The van der Waals surface area contributed by atoms with Crippen molar-refractivity contribution in [2.75, 3.05) is 43.2 Å². The van der Waals surface area contributed by atoms with Crippen molar-refractivity contribution in [3.63, 3.8) is 0 Å². The summed E-state index contributed by atoms with van der Waals surface area (Å²) >= 11 is 7.06. The van der Waals surface area contributed by atoms with Crippen LogP contribution >= 0.6 is 23.1 Å². The molecule has 0 radical (unpaired) electrons. The Balaban J connectivity index is 1.46. The molecule has 5 rings (SSSR count). The second kappa shape index (κ2) is 16.8. The lowest BCUT2D eigenvalue weighted by molar-refractivity contribution is 0.0264. The summed E-state index contributed by atoms with van der Waals surface area (Å²) in [6.07, 6.45) is 0.818.